The van der Waals surface area contributed by atoms with Gasteiger partial charge in [-0.05, 0) is 114 Å². The molecule has 0 aromatic heterocycles. The molecule has 296 valence electrons. The fraction of sp³-hybridized carbons (Fsp3) is 0. The van der Waals surface area contributed by atoms with Crippen molar-refractivity contribution in [3.05, 3.63) is 261 Å². The van der Waals surface area contributed by atoms with Gasteiger partial charge in [0, 0.05) is 16.8 Å². The van der Waals surface area contributed by atoms with Crippen molar-refractivity contribution in [2.24, 2.45) is 0 Å². The maximum atomic E-state index is 2.44. The normalized spacial score (nSPS) is 11.2. The molecular formula is C62H43N. The van der Waals surface area contributed by atoms with Gasteiger partial charge in [0.2, 0.25) is 0 Å². The lowest BCUT2D eigenvalue weighted by molar-refractivity contribution is 1.28. The van der Waals surface area contributed by atoms with Crippen molar-refractivity contribution in [1.29, 1.82) is 0 Å². The molecular weight excluding hydrogens is 759 g/mol. The predicted octanol–water partition coefficient (Wildman–Crippen LogP) is 17.5. The van der Waals surface area contributed by atoms with E-state index in [2.05, 4.69) is 266 Å². The van der Waals surface area contributed by atoms with Gasteiger partial charge in [-0.15, -0.1) is 0 Å². The number of hydrogen-bond acceptors (Lipinski definition) is 1. The molecule has 11 rings (SSSR count). The molecule has 11 aromatic carbocycles. The summed E-state index contributed by atoms with van der Waals surface area (Å²) in [4.78, 5) is 2.44. The minimum absolute atomic E-state index is 1.08. The van der Waals surface area contributed by atoms with Crippen LogP contribution in [-0.4, -0.2) is 0 Å². The zero-order chi connectivity index (χ0) is 42.0. The Hall–Kier alpha value is -8.26. The lowest BCUT2D eigenvalue weighted by Gasteiger charge is -2.30. The Bertz CT molecular complexity index is 3340. The number of benzene rings is 11. The maximum absolute atomic E-state index is 2.44. The summed E-state index contributed by atoms with van der Waals surface area (Å²) in [5, 5.41) is 4.99. The fourth-order valence-electron chi connectivity index (χ4n) is 9.31. The molecule has 0 spiro atoms. The number of fused-ring (bicyclic) bond motifs is 3. The van der Waals surface area contributed by atoms with Crippen molar-refractivity contribution < 1.29 is 0 Å². The average Bonchev–Trinajstić information content (AvgIpc) is 3.37. The molecule has 1 nitrogen and oxygen atoms in total. The third-order valence-electron chi connectivity index (χ3n) is 12.3. The summed E-state index contributed by atoms with van der Waals surface area (Å²) in [6, 6.07) is 94.6. The zero-order valence-corrected chi connectivity index (χ0v) is 34.8. The van der Waals surface area contributed by atoms with E-state index in [0.717, 1.165) is 33.8 Å². The van der Waals surface area contributed by atoms with Crippen molar-refractivity contribution in [2.75, 3.05) is 4.90 Å². The second-order valence-electron chi connectivity index (χ2n) is 16.0. The Morgan fingerprint density at radius 3 is 1.21 bits per heavy atom. The van der Waals surface area contributed by atoms with Gasteiger partial charge in [0.15, 0.2) is 0 Å². The largest absolute Gasteiger partial charge is 0.309 e. The summed E-state index contributed by atoms with van der Waals surface area (Å²) in [5.74, 6) is 0. The summed E-state index contributed by atoms with van der Waals surface area (Å²) in [6.45, 7) is 0. The van der Waals surface area contributed by atoms with Crippen LogP contribution in [0.5, 0.6) is 0 Å². The smallest absolute Gasteiger partial charge is 0.0540 e. The Balaban J connectivity index is 1.09. The number of anilines is 3. The second-order valence-corrected chi connectivity index (χ2v) is 16.0. The van der Waals surface area contributed by atoms with Gasteiger partial charge in [-0.1, -0.05) is 224 Å². The Morgan fingerprint density at radius 2 is 0.603 bits per heavy atom. The van der Waals surface area contributed by atoms with E-state index in [4.69, 9.17) is 0 Å². The highest BCUT2D eigenvalue weighted by atomic mass is 15.1. The van der Waals surface area contributed by atoms with Gasteiger partial charge in [0.1, 0.15) is 0 Å². The highest BCUT2D eigenvalue weighted by Gasteiger charge is 2.22. The Kier molecular flexibility index (Phi) is 9.97. The molecule has 63 heavy (non-hydrogen) atoms. The van der Waals surface area contributed by atoms with Crippen LogP contribution in [-0.2, 0) is 0 Å². The first-order valence-electron chi connectivity index (χ1n) is 21.7. The van der Waals surface area contributed by atoms with Crippen LogP contribution >= 0.6 is 0 Å². The van der Waals surface area contributed by atoms with Crippen molar-refractivity contribution in [3.63, 3.8) is 0 Å². The Morgan fingerprint density at radius 1 is 0.206 bits per heavy atom. The molecule has 0 N–H and O–H groups in total. The van der Waals surface area contributed by atoms with E-state index < -0.39 is 0 Å². The van der Waals surface area contributed by atoms with Crippen molar-refractivity contribution in [3.8, 4) is 66.8 Å². The van der Waals surface area contributed by atoms with Crippen LogP contribution in [0.2, 0.25) is 0 Å². The van der Waals surface area contributed by atoms with E-state index >= 15 is 0 Å². The Labute approximate surface area is 369 Å². The van der Waals surface area contributed by atoms with Crippen LogP contribution in [0.4, 0.5) is 17.1 Å². The quantitative estimate of drug-likeness (QED) is 0.131. The summed E-state index contributed by atoms with van der Waals surface area (Å²) in [5.41, 5.74) is 17.6. The highest BCUT2D eigenvalue weighted by molar-refractivity contribution is 6.22. The minimum Gasteiger partial charge on any atom is -0.309 e. The first-order valence-corrected chi connectivity index (χ1v) is 21.7. The molecule has 0 fully saturated rings. The third kappa shape index (κ3) is 7.16. The van der Waals surface area contributed by atoms with Crippen LogP contribution in [0.25, 0.3) is 88.3 Å². The lowest BCUT2D eigenvalue weighted by Crippen LogP contribution is -2.12. The molecule has 0 aliphatic heterocycles. The van der Waals surface area contributed by atoms with Crippen molar-refractivity contribution in [1.82, 2.24) is 0 Å². The van der Waals surface area contributed by atoms with E-state index in [1.54, 1.807) is 0 Å². The van der Waals surface area contributed by atoms with Gasteiger partial charge in [-0.25, -0.2) is 0 Å². The van der Waals surface area contributed by atoms with Crippen molar-refractivity contribution >= 4 is 38.6 Å². The van der Waals surface area contributed by atoms with E-state index in [-0.39, 0.29) is 0 Å². The van der Waals surface area contributed by atoms with E-state index in [1.807, 2.05) is 0 Å². The van der Waals surface area contributed by atoms with E-state index in [9.17, 15) is 0 Å². The fourth-order valence-corrected chi connectivity index (χ4v) is 9.31. The van der Waals surface area contributed by atoms with Gasteiger partial charge in [-0.3, -0.25) is 0 Å². The monoisotopic (exact) mass is 801 g/mol. The number of para-hydroxylation sites is 1. The first-order chi connectivity index (χ1) is 31.3. The standard InChI is InChI=1S/C62H43N/c1-6-20-44(21-7-1)51-37-41-60(57(42-51)47-24-10-3-11-25-47)63(59-33-19-18-30-53(59)46-22-8-2-9-23-46)52-38-34-45(35-39-52)50-36-40-56-58(43-50)54-31-16-17-32-55(54)61(48-26-12-4-13-27-48)62(56)49-28-14-5-15-29-49/h1-43H. The molecule has 0 atom stereocenters. The maximum Gasteiger partial charge on any atom is 0.0540 e. The highest BCUT2D eigenvalue weighted by Crippen LogP contribution is 2.48. The molecule has 0 aliphatic rings. The summed E-state index contributed by atoms with van der Waals surface area (Å²) < 4.78 is 0. The lowest BCUT2D eigenvalue weighted by atomic mass is 9.84. The van der Waals surface area contributed by atoms with Gasteiger partial charge in [0.25, 0.3) is 0 Å². The topological polar surface area (TPSA) is 3.24 Å². The van der Waals surface area contributed by atoms with E-state index in [0.29, 0.717) is 0 Å². The third-order valence-corrected chi connectivity index (χ3v) is 12.3. The van der Waals surface area contributed by atoms with Gasteiger partial charge in [-0.2, -0.15) is 0 Å². The van der Waals surface area contributed by atoms with Crippen LogP contribution in [0.15, 0.2) is 261 Å². The van der Waals surface area contributed by atoms with Gasteiger partial charge >= 0.3 is 0 Å². The molecule has 0 saturated heterocycles. The number of rotatable bonds is 9. The van der Waals surface area contributed by atoms with E-state index in [1.165, 1.54) is 71.6 Å². The second kappa shape index (κ2) is 16.7. The summed E-state index contributed by atoms with van der Waals surface area (Å²) >= 11 is 0. The molecule has 0 amide bonds. The molecule has 0 unspecified atom stereocenters. The SMILES string of the molecule is c1ccc(-c2ccc(N(c3ccc(-c4ccc5c(-c6ccccc6)c(-c6ccccc6)c6ccccc6c5c4)cc3)c3ccccc3-c3ccccc3)c(-c3ccccc3)c2)cc1. The number of nitrogens with zero attached hydrogens (tertiary/aromatic N) is 1. The van der Waals surface area contributed by atoms with Crippen LogP contribution in [0, 0.1) is 0 Å². The zero-order valence-electron chi connectivity index (χ0n) is 34.8. The number of hydrogen-bond donors (Lipinski definition) is 0. The van der Waals surface area contributed by atoms with Crippen LogP contribution < -0.4 is 4.90 Å². The minimum atomic E-state index is 1.08. The van der Waals surface area contributed by atoms with Crippen LogP contribution in [0.3, 0.4) is 0 Å². The molecule has 11 aromatic rings. The van der Waals surface area contributed by atoms with Crippen molar-refractivity contribution in [2.45, 2.75) is 0 Å². The molecule has 0 heterocycles. The molecule has 0 saturated carbocycles. The first kappa shape index (κ1) is 37.7. The van der Waals surface area contributed by atoms with Crippen LogP contribution in [0.1, 0.15) is 0 Å². The molecule has 0 bridgehead atoms. The molecule has 0 aliphatic carbocycles. The molecule has 1 heteroatoms. The molecule has 0 radical (unpaired) electrons. The van der Waals surface area contributed by atoms with Gasteiger partial charge in [0.05, 0.1) is 11.4 Å². The summed E-state index contributed by atoms with van der Waals surface area (Å²) in [7, 11) is 0. The summed E-state index contributed by atoms with van der Waals surface area (Å²) in [6.07, 6.45) is 0. The predicted molar refractivity (Wildman–Crippen MR) is 269 cm³/mol. The average molecular weight is 802 g/mol. The van der Waals surface area contributed by atoms with Gasteiger partial charge < -0.3 is 4.90 Å².